The number of nitrogens with one attached hydrogen (secondary N) is 1. The van der Waals surface area contributed by atoms with E-state index in [1.165, 1.54) is 7.11 Å². The van der Waals surface area contributed by atoms with E-state index in [1.54, 1.807) is 6.92 Å². The lowest BCUT2D eigenvalue weighted by Gasteiger charge is -2.24. The third-order valence-corrected chi connectivity index (χ3v) is 4.38. The Bertz CT molecular complexity index is 519. The number of hydrogen-bond donors (Lipinski definition) is 1. The van der Waals surface area contributed by atoms with E-state index in [0.29, 0.717) is 5.76 Å². The first kappa shape index (κ1) is 16.5. The first-order chi connectivity index (χ1) is 10.5. The van der Waals surface area contributed by atoms with E-state index in [1.807, 2.05) is 6.92 Å². The molecule has 1 aromatic rings. The van der Waals surface area contributed by atoms with Crippen LogP contribution in [-0.2, 0) is 20.7 Å². The molecule has 2 atom stereocenters. The number of carbonyl (C=O) groups excluding carboxylic acids is 2. The van der Waals surface area contributed by atoms with Crippen LogP contribution in [0.25, 0.3) is 0 Å². The van der Waals surface area contributed by atoms with Crippen LogP contribution in [0.2, 0.25) is 0 Å². The monoisotopic (exact) mass is 308 g/mol. The van der Waals surface area contributed by atoms with E-state index in [2.05, 4.69) is 10.5 Å². The number of aromatic nitrogens is 1. The maximum absolute atomic E-state index is 12.3. The van der Waals surface area contributed by atoms with E-state index >= 15 is 0 Å². The maximum Gasteiger partial charge on any atom is 0.310 e. The molecule has 1 fully saturated rings. The van der Waals surface area contributed by atoms with Crippen LogP contribution in [-0.4, -0.2) is 30.2 Å². The summed E-state index contributed by atoms with van der Waals surface area (Å²) < 4.78 is 9.96. The summed E-state index contributed by atoms with van der Waals surface area (Å²) >= 11 is 0. The Hall–Kier alpha value is -1.85. The van der Waals surface area contributed by atoms with Gasteiger partial charge in [0, 0.05) is 11.6 Å². The van der Waals surface area contributed by atoms with E-state index in [0.717, 1.165) is 43.4 Å². The summed E-state index contributed by atoms with van der Waals surface area (Å²) in [4.78, 5) is 24.3. The van der Waals surface area contributed by atoms with E-state index < -0.39 is 0 Å². The van der Waals surface area contributed by atoms with Crippen molar-refractivity contribution in [2.75, 3.05) is 7.11 Å². The van der Waals surface area contributed by atoms with Crippen molar-refractivity contribution in [2.45, 2.75) is 58.4 Å². The SMILES string of the molecule is COC(=O)C1CCCCCC1NC(=O)Cc1c(C)noc1C. The van der Waals surface area contributed by atoms with Crippen LogP contribution >= 0.6 is 0 Å². The zero-order chi connectivity index (χ0) is 16.1. The molecule has 0 aliphatic heterocycles. The number of esters is 1. The normalized spacial score (nSPS) is 22.0. The molecule has 22 heavy (non-hydrogen) atoms. The molecule has 1 heterocycles. The van der Waals surface area contributed by atoms with Crippen molar-refractivity contribution in [3.8, 4) is 0 Å². The number of amides is 1. The number of nitrogens with zero attached hydrogens (tertiary/aromatic N) is 1. The van der Waals surface area contributed by atoms with Crippen LogP contribution in [0.15, 0.2) is 4.52 Å². The van der Waals surface area contributed by atoms with Gasteiger partial charge in [0.15, 0.2) is 0 Å². The Labute approximate surface area is 130 Å². The van der Waals surface area contributed by atoms with Crippen molar-refractivity contribution in [1.82, 2.24) is 10.5 Å². The third-order valence-electron chi connectivity index (χ3n) is 4.38. The molecule has 0 saturated heterocycles. The van der Waals surface area contributed by atoms with Crippen LogP contribution in [0.4, 0.5) is 0 Å². The molecule has 2 unspecified atom stereocenters. The van der Waals surface area contributed by atoms with Crippen molar-refractivity contribution >= 4 is 11.9 Å². The Balaban J connectivity index is 2.02. The van der Waals surface area contributed by atoms with Gasteiger partial charge in [-0.2, -0.15) is 0 Å². The van der Waals surface area contributed by atoms with Gasteiger partial charge in [0.25, 0.3) is 0 Å². The molecule has 6 nitrogen and oxygen atoms in total. The number of rotatable bonds is 4. The maximum atomic E-state index is 12.3. The summed E-state index contributed by atoms with van der Waals surface area (Å²) in [5.74, 6) is 0.0823. The molecule has 0 aromatic carbocycles. The molecular weight excluding hydrogens is 284 g/mol. The average molecular weight is 308 g/mol. The molecule has 6 heteroatoms. The van der Waals surface area contributed by atoms with Crippen molar-refractivity contribution in [2.24, 2.45) is 5.92 Å². The Kier molecular flexibility index (Phi) is 5.57. The molecule has 2 rings (SSSR count). The number of ether oxygens (including phenoxy) is 1. The number of aryl methyl sites for hydroxylation is 2. The van der Waals surface area contributed by atoms with Gasteiger partial charge < -0.3 is 14.6 Å². The molecule has 1 aliphatic carbocycles. The highest BCUT2D eigenvalue weighted by Gasteiger charge is 2.31. The molecule has 1 amide bonds. The summed E-state index contributed by atoms with van der Waals surface area (Å²) in [7, 11) is 1.40. The fourth-order valence-corrected chi connectivity index (χ4v) is 3.09. The van der Waals surface area contributed by atoms with Crippen LogP contribution < -0.4 is 5.32 Å². The van der Waals surface area contributed by atoms with Crippen molar-refractivity contribution in [3.05, 3.63) is 17.0 Å². The molecule has 1 saturated carbocycles. The first-order valence-corrected chi connectivity index (χ1v) is 7.82. The second-order valence-corrected chi connectivity index (χ2v) is 5.92. The second-order valence-electron chi connectivity index (χ2n) is 5.92. The minimum absolute atomic E-state index is 0.102. The van der Waals surface area contributed by atoms with Crippen LogP contribution in [0, 0.1) is 19.8 Å². The number of hydrogen-bond acceptors (Lipinski definition) is 5. The smallest absolute Gasteiger partial charge is 0.310 e. The quantitative estimate of drug-likeness (QED) is 0.680. The van der Waals surface area contributed by atoms with Gasteiger partial charge in [0.1, 0.15) is 5.76 Å². The molecule has 0 spiro atoms. The van der Waals surface area contributed by atoms with Crippen LogP contribution in [0.5, 0.6) is 0 Å². The number of carbonyl (C=O) groups is 2. The van der Waals surface area contributed by atoms with Crippen LogP contribution in [0.1, 0.15) is 49.1 Å². The lowest BCUT2D eigenvalue weighted by atomic mass is 9.94. The predicted octanol–water partition coefficient (Wildman–Crippen LogP) is 2.07. The fourth-order valence-electron chi connectivity index (χ4n) is 3.09. The summed E-state index contributed by atoms with van der Waals surface area (Å²) in [6.45, 7) is 3.62. The molecule has 1 N–H and O–H groups in total. The van der Waals surface area contributed by atoms with Gasteiger partial charge in [0.05, 0.1) is 25.1 Å². The fraction of sp³-hybridized carbons (Fsp3) is 0.688. The Morgan fingerprint density at radius 3 is 2.64 bits per heavy atom. The highest BCUT2D eigenvalue weighted by atomic mass is 16.5. The summed E-state index contributed by atoms with van der Waals surface area (Å²) in [6, 6.07) is -0.150. The van der Waals surface area contributed by atoms with E-state index in [4.69, 9.17) is 9.26 Å². The van der Waals surface area contributed by atoms with Crippen molar-refractivity contribution < 1.29 is 18.8 Å². The van der Waals surface area contributed by atoms with Gasteiger partial charge in [-0.25, -0.2) is 0 Å². The minimum Gasteiger partial charge on any atom is -0.469 e. The molecule has 1 aliphatic rings. The lowest BCUT2D eigenvalue weighted by Crippen LogP contribution is -2.43. The lowest BCUT2D eigenvalue weighted by molar-refractivity contribution is -0.147. The van der Waals surface area contributed by atoms with Crippen molar-refractivity contribution in [3.63, 3.8) is 0 Å². The Morgan fingerprint density at radius 2 is 2.00 bits per heavy atom. The van der Waals surface area contributed by atoms with Gasteiger partial charge in [-0.05, 0) is 26.7 Å². The predicted molar refractivity (Wildman–Crippen MR) is 80.2 cm³/mol. The first-order valence-electron chi connectivity index (χ1n) is 7.82. The standard InChI is InChI=1S/C16H24N2O4/c1-10-13(11(2)22-18-10)9-15(19)17-14-8-6-4-5-7-12(14)16(20)21-3/h12,14H,4-9H2,1-3H3,(H,17,19). The summed E-state index contributed by atoms with van der Waals surface area (Å²) in [5, 5.41) is 6.87. The van der Waals surface area contributed by atoms with E-state index in [9.17, 15) is 9.59 Å². The Morgan fingerprint density at radius 1 is 1.27 bits per heavy atom. The minimum atomic E-state index is -0.249. The highest BCUT2D eigenvalue weighted by Crippen LogP contribution is 2.25. The molecule has 122 valence electrons. The summed E-state index contributed by atoms with van der Waals surface area (Å²) in [6.07, 6.45) is 4.91. The van der Waals surface area contributed by atoms with E-state index in [-0.39, 0.29) is 30.3 Å². The third kappa shape index (κ3) is 3.87. The topological polar surface area (TPSA) is 81.4 Å². The van der Waals surface area contributed by atoms with Gasteiger partial charge in [0.2, 0.25) is 5.91 Å². The average Bonchev–Trinajstić information content (AvgIpc) is 2.71. The van der Waals surface area contributed by atoms with Crippen LogP contribution in [0.3, 0.4) is 0 Å². The molecule has 0 bridgehead atoms. The van der Waals surface area contributed by atoms with Gasteiger partial charge in [-0.15, -0.1) is 0 Å². The van der Waals surface area contributed by atoms with Gasteiger partial charge >= 0.3 is 5.97 Å². The van der Waals surface area contributed by atoms with Gasteiger partial charge in [-0.1, -0.05) is 24.4 Å². The second kappa shape index (κ2) is 7.42. The van der Waals surface area contributed by atoms with Gasteiger partial charge in [-0.3, -0.25) is 9.59 Å². The molecule has 1 aromatic heterocycles. The number of methoxy groups -OCH3 is 1. The zero-order valence-electron chi connectivity index (χ0n) is 13.5. The van der Waals surface area contributed by atoms with Crippen molar-refractivity contribution in [1.29, 1.82) is 0 Å². The highest BCUT2D eigenvalue weighted by molar-refractivity contribution is 5.81. The summed E-state index contributed by atoms with van der Waals surface area (Å²) in [5.41, 5.74) is 1.55. The zero-order valence-corrected chi connectivity index (χ0v) is 13.5. The molecular formula is C16H24N2O4. The molecule has 0 radical (unpaired) electrons. The largest absolute Gasteiger partial charge is 0.469 e.